The second kappa shape index (κ2) is 14.1. The van der Waals surface area contributed by atoms with Crippen molar-refractivity contribution in [2.24, 2.45) is 13.0 Å². The zero-order valence-electron chi connectivity index (χ0n) is 22.4. The number of nitriles is 1. The van der Waals surface area contributed by atoms with Gasteiger partial charge in [0, 0.05) is 55.4 Å². The van der Waals surface area contributed by atoms with Crippen LogP contribution in [-0.4, -0.2) is 38.9 Å². The number of aryl methyl sites for hydroxylation is 1. The zero-order chi connectivity index (χ0) is 27.5. The summed E-state index contributed by atoms with van der Waals surface area (Å²) in [5, 5.41) is 22.4. The Morgan fingerprint density at radius 1 is 1.13 bits per heavy atom. The topological polar surface area (TPSA) is 112 Å². The van der Waals surface area contributed by atoms with Gasteiger partial charge in [-0.05, 0) is 55.0 Å². The minimum atomic E-state index is -0.125. The van der Waals surface area contributed by atoms with E-state index in [-0.39, 0.29) is 6.03 Å². The molecule has 2 N–H and O–H groups in total. The Morgan fingerprint density at radius 2 is 1.97 bits per heavy atom. The maximum Gasteiger partial charge on any atom is 0.322 e. The van der Waals surface area contributed by atoms with Gasteiger partial charge in [-0.1, -0.05) is 25.5 Å². The van der Waals surface area contributed by atoms with Crippen molar-refractivity contribution >= 4 is 28.9 Å². The number of thiazole rings is 1. The van der Waals surface area contributed by atoms with Crippen LogP contribution in [0.3, 0.4) is 0 Å². The molecule has 0 aliphatic heterocycles. The molecule has 0 saturated carbocycles. The first-order chi connectivity index (χ1) is 19.1. The number of carbonyl (C=O) groups is 1. The van der Waals surface area contributed by atoms with Gasteiger partial charge < -0.3 is 10.6 Å². The summed E-state index contributed by atoms with van der Waals surface area (Å²) in [4.78, 5) is 23.9. The van der Waals surface area contributed by atoms with Crippen LogP contribution in [0.15, 0.2) is 66.6 Å². The summed E-state index contributed by atoms with van der Waals surface area (Å²) in [5.41, 5.74) is 3.50. The fraction of sp³-hybridized carbons (Fsp3) is 0.345. The number of hydrogen-bond acceptors (Lipinski definition) is 7. The minimum Gasteiger partial charge on any atom is -0.370 e. The summed E-state index contributed by atoms with van der Waals surface area (Å²) in [6.07, 6.45) is 11.1. The number of amides is 2. The molecule has 10 heteroatoms. The second-order valence-corrected chi connectivity index (χ2v) is 10.4. The number of benzene rings is 1. The summed E-state index contributed by atoms with van der Waals surface area (Å²) >= 11 is 1.53. The van der Waals surface area contributed by atoms with E-state index in [1.54, 1.807) is 23.1 Å². The Bertz CT molecular complexity index is 1340. The smallest absolute Gasteiger partial charge is 0.322 e. The molecule has 0 fully saturated rings. The molecule has 9 nitrogen and oxygen atoms in total. The molecule has 0 bridgehead atoms. The Kier molecular flexibility index (Phi) is 10.0. The average Bonchev–Trinajstić information content (AvgIpc) is 3.65. The van der Waals surface area contributed by atoms with E-state index in [1.807, 2.05) is 60.1 Å². The lowest BCUT2D eigenvalue weighted by atomic mass is 9.96. The highest BCUT2D eigenvalue weighted by molar-refractivity contribution is 7.09. The first-order valence-corrected chi connectivity index (χ1v) is 14.1. The molecular weight excluding hydrogens is 508 g/mol. The number of nitrogens with one attached hydrogen (secondary N) is 2. The summed E-state index contributed by atoms with van der Waals surface area (Å²) in [6.45, 7) is 3.98. The third-order valence-corrected chi connectivity index (χ3v) is 7.24. The molecule has 0 saturated heterocycles. The van der Waals surface area contributed by atoms with E-state index in [0.29, 0.717) is 24.6 Å². The van der Waals surface area contributed by atoms with Gasteiger partial charge in [-0.3, -0.25) is 9.58 Å². The van der Waals surface area contributed by atoms with Crippen LogP contribution < -0.4 is 15.5 Å². The predicted octanol–water partition coefficient (Wildman–Crippen LogP) is 5.84. The molecular formula is C29H34N8OS. The highest BCUT2D eigenvalue weighted by atomic mass is 32.1. The van der Waals surface area contributed by atoms with Crippen LogP contribution in [0.2, 0.25) is 0 Å². The van der Waals surface area contributed by atoms with E-state index in [4.69, 9.17) is 5.26 Å². The van der Waals surface area contributed by atoms with Gasteiger partial charge in [0.2, 0.25) is 0 Å². The van der Waals surface area contributed by atoms with Crippen molar-refractivity contribution in [2.75, 3.05) is 23.3 Å². The number of urea groups is 1. The van der Waals surface area contributed by atoms with Crippen LogP contribution in [-0.2, 0) is 13.6 Å². The molecule has 0 radical (unpaired) electrons. The lowest BCUT2D eigenvalue weighted by Gasteiger charge is -2.28. The average molecular weight is 543 g/mol. The van der Waals surface area contributed by atoms with Crippen LogP contribution in [0.25, 0.3) is 11.1 Å². The Balaban J connectivity index is 1.42. The van der Waals surface area contributed by atoms with Gasteiger partial charge >= 0.3 is 6.03 Å². The van der Waals surface area contributed by atoms with Gasteiger partial charge in [-0.2, -0.15) is 10.4 Å². The highest BCUT2D eigenvalue weighted by Crippen LogP contribution is 2.25. The van der Waals surface area contributed by atoms with E-state index in [9.17, 15) is 4.79 Å². The largest absolute Gasteiger partial charge is 0.370 e. The number of aromatic nitrogens is 4. The number of hydrogen-bond donors (Lipinski definition) is 2. The number of nitrogens with zero attached hydrogens (tertiary/aromatic N) is 6. The van der Waals surface area contributed by atoms with Gasteiger partial charge in [0.25, 0.3) is 0 Å². The maximum atomic E-state index is 13.4. The standard InChI is InChI=1S/C29H34N8OS/c1-3-5-22(6-4-13-31-27-12-7-23(16-30)17-33-27)20-37(29(38)34-19-28-32-14-15-39-28)26-10-8-24(9-11-26)25-18-35-36(2)21-25/h7-12,14-15,17-18,21-22H,3-6,13,19-20H2,1-2H3,(H,31,33)(H,34,38)/t22-/m1/s1. The van der Waals surface area contributed by atoms with Crippen LogP contribution in [0, 0.1) is 17.2 Å². The summed E-state index contributed by atoms with van der Waals surface area (Å²) in [7, 11) is 1.90. The Morgan fingerprint density at radius 3 is 2.62 bits per heavy atom. The van der Waals surface area contributed by atoms with Gasteiger partial charge in [-0.25, -0.2) is 14.8 Å². The summed E-state index contributed by atoms with van der Waals surface area (Å²) in [6, 6.07) is 13.6. The fourth-order valence-electron chi connectivity index (χ4n) is 4.46. The first-order valence-electron chi connectivity index (χ1n) is 13.2. The summed E-state index contributed by atoms with van der Waals surface area (Å²) < 4.78 is 1.78. The van der Waals surface area contributed by atoms with E-state index in [0.717, 1.165) is 59.9 Å². The first kappa shape index (κ1) is 27.8. The molecule has 3 heterocycles. The van der Waals surface area contributed by atoms with Crippen LogP contribution >= 0.6 is 11.3 Å². The third kappa shape index (κ3) is 8.12. The summed E-state index contributed by atoms with van der Waals surface area (Å²) in [5.74, 6) is 1.10. The molecule has 1 aromatic carbocycles. The molecule has 4 aromatic rings. The number of anilines is 2. The van der Waals surface area contributed by atoms with Gasteiger partial charge in [-0.15, -0.1) is 11.3 Å². The molecule has 0 spiro atoms. The van der Waals surface area contributed by atoms with Gasteiger partial charge in [0.1, 0.15) is 16.9 Å². The van der Waals surface area contributed by atoms with E-state index in [2.05, 4.69) is 38.7 Å². The molecule has 4 rings (SSSR count). The van der Waals surface area contributed by atoms with E-state index in [1.165, 1.54) is 11.3 Å². The number of carbonyl (C=O) groups excluding carboxylic acids is 1. The fourth-order valence-corrected chi connectivity index (χ4v) is 5.02. The number of rotatable bonds is 13. The van der Waals surface area contributed by atoms with Crippen molar-refractivity contribution in [3.05, 3.63) is 77.1 Å². The van der Waals surface area contributed by atoms with Gasteiger partial charge in [0.05, 0.1) is 18.3 Å². The monoisotopic (exact) mass is 542 g/mol. The van der Waals surface area contributed by atoms with Crippen molar-refractivity contribution in [2.45, 2.75) is 39.2 Å². The number of pyridine rings is 1. The molecule has 202 valence electrons. The minimum absolute atomic E-state index is 0.125. The van der Waals surface area contributed by atoms with Crippen molar-refractivity contribution in [1.82, 2.24) is 25.1 Å². The highest BCUT2D eigenvalue weighted by Gasteiger charge is 2.21. The molecule has 1 atom stereocenters. The van der Waals surface area contributed by atoms with Crippen molar-refractivity contribution in [3.63, 3.8) is 0 Å². The van der Waals surface area contributed by atoms with E-state index < -0.39 is 0 Å². The lowest BCUT2D eigenvalue weighted by Crippen LogP contribution is -2.42. The van der Waals surface area contributed by atoms with Crippen LogP contribution in [0.1, 0.15) is 43.2 Å². The Hall–Kier alpha value is -4.23. The molecule has 0 aliphatic rings. The molecule has 2 amide bonds. The van der Waals surface area contributed by atoms with Crippen LogP contribution in [0.5, 0.6) is 0 Å². The predicted molar refractivity (Wildman–Crippen MR) is 155 cm³/mol. The zero-order valence-corrected chi connectivity index (χ0v) is 23.2. The van der Waals surface area contributed by atoms with Crippen molar-refractivity contribution in [1.29, 1.82) is 5.26 Å². The van der Waals surface area contributed by atoms with Crippen molar-refractivity contribution in [3.8, 4) is 17.2 Å². The van der Waals surface area contributed by atoms with Crippen LogP contribution in [0.4, 0.5) is 16.3 Å². The van der Waals surface area contributed by atoms with Gasteiger partial charge in [0.15, 0.2) is 0 Å². The SMILES string of the molecule is CCC[C@H](CCCNc1ccc(C#N)cn1)CN(C(=O)NCc1nccs1)c1ccc(-c2cnn(C)c2)cc1. The van der Waals surface area contributed by atoms with Crippen molar-refractivity contribution < 1.29 is 4.79 Å². The molecule has 0 aliphatic carbocycles. The second-order valence-electron chi connectivity index (χ2n) is 9.41. The molecule has 3 aromatic heterocycles. The normalized spacial score (nSPS) is 11.5. The molecule has 39 heavy (non-hydrogen) atoms. The lowest BCUT2D eigenvalue weighted by molar-refractivity contribution is 0.244. The van der Waals surface area contributed by atoms with E-state index >= 15 is 0 Å². The Labute approximate surface area is 233 Å². The maximum absolute atomic E-state index is 13.4. The quantitative estimate of drug-likeness (QED) is 0.206. The molecule has 0 unspecified atom stereocenters. The third-order valence-electron chi connectivity index (χ3n) is 6.46.